The predicted octanol–water partition coefficient (Wildman–Crippen LogP) is 6.85. The van der Waals surface area contributed by atoms with E-state index in [1.165, 1.54) is 31.3 Å². The summed E-state index contributed by atoms with van der Waals surface area (Å²) < 4.78 is 50.4. The van der Waals surface area contributed by atoms with Gasteiger partial charge in [0.1, 0.15) is 11.4 Å². The molecule has 2 saturated heterocycles. The zero-order valence-corrected chi connectivity index (χ0v) is 37.7. The van der Waals surface area contributed by atoms with Crippen LogP contribution in [-0.4, -0.2) is 81.6 Å². The Morgan fingerprint density at radius 3 is 1.90 bits per heavy atom. The number of sulfone groups is 1. The molecule has 5 rings (SSSR count). The summed E-state index contributed by atoms with van der Waals surface area (Å²) >= 11 is 0. The van der Waals surface area contributed by atoms with Crippen molar-refractivity contribution in [2.24, 2.45) is 0 Å². The molecule has 2 aromatic carbocycles. The summed E-state index contributed by atoms with van der Waals surface area (Å²) in [6.45, 7) is 20.2. The Balaban J connectivity index is 1.48. The number of esters is 1. The van der Waals surface area contributed by atoms with Gasteiger partial charge in [-0.2, -0.15) is 0 Å². The average molecular weight is 851 g/mol. The van der Waals surface area contributed by atoms with Crippen LogP contribution in [0.1, 0.15) is 81.7 Å². The number of amides is 3. The lowest BCUT2D eigenvalue weighted by Crippen LogP contribution is -2.60. The molecule has 0 radical (unpaired) electrons. The first-order chi connectivity index (χ1) is 26.8. The summed E-state index contributed by atoms with van der Waals surface area (Å²) in [5.74, 6) is -2.32. The highest BCUT2D eigenvalue weighted by Gasteiger charge is 2.73. The topological polar surface area (TPSA) is 180 Å². The van der Waals surface area contributed by atoms with Crippen LogP contribution in [0.4, 0.5) is 4.79 Å². The van der Waals surface area contributed by atoms with Crippen molar-refractivity contribution in [2.45, 2.75) is 107 Å². The summed E-state index contributed by atoms with van der Waals surface area (Å²) in [7, 11) is -9.38. The maximum absolute atomic E-state index is 14.7. The summed E-state index contributed by atoms with van der Waals surface area (Å²) in [6, 6.07) is 18.9. The first kappa shape index (κ1) is 44.4. The van der Waals surface area contributed by atoms with Crippen molar-refractivity contribution in [3.8, 4) is 0 Å². The van der Waals surface area contributed by atoms with Crippen molar-refractivity contribution in [3.63, 3.8) is 0 Å². The number of carbonyl (C=O) groups is 4. The number of hydrogen-bond donors (Lipinski definition) is 2. The molecule has 3 heterocycles. The maximum atomic E-state index is 14.7. The van der Waals surface area contributed by atoms with Gasteiger partial charge in [0.15, 0.2) is 27.4 Å². The Morgan fingerprint density at radius 2 is 1.38 bits per heavy atom. The standard InChI is InChI=1S/C41H54N4O10SSi2/c1-39(2,3)57(8,9)54-43-34(46)29-22-23-42-30(24-29)25-31-35(47)45-33(37(48)53-32(27-18-14-12-15-19-27)28-20-16-13-17-21-28)41(7,56(50,51)36(31)45)26-52-38(49)44-55-58(10,11)40(4,5)6/h12-25,32-33,36H,26H2,1-11H3,(H,43,46)(H,44,49)/t33-,36+,41-/m0/s1. The summed E-state index contributed by atoms with van der Waals surface area (Å²) in [4.78, 5) is 59.9. The molecule has 0 unspecified atom stereocenters. The van der Waals surface area contributed by atoms with Crippen molar-refractivity contribution in [1.29, 1.82) is 0 Å². The van der Waals surface area contributed by atoms with Crippen molar-refractivity contribution in [1.82, 2.24) is 20.8 Å². The molecule has 2 aliphatic heterocycles. The van der Waals surface area contributed by atoms with Gasteiger partial charge >= 0.3 is 12.1 Å². The number of β-lactam (4-membered cyclic amide) rings is 1. The highest BCUT2D eigenvalue weighted by atomic mass is 32.2. The normalized spacial score (nSPS) is 21.3. The van der Waals surface area contributed by atoms with Crippen molar-refractivity contribution < 1.29 is 46.1 Å². The molecule has 2 aliphatic rings. The maximum Gasteiger partial charge on any atom is 0.430 e. The van der Waals surface area contributed by atoms with Gasteiger partial charge in [0, 0.05) is 11.8 Å². The number of ether oxygens (including phenoxy) is 2. The average Bonchev–Trinajstić information content (AvgIpc) is 3.32. The van der Waals surface area contributed by atoms with E-state index < -0.39 is 79.2 Å². The quantitative estimate of drug-likeness (QED) is 0.0640. The molecule has 3 aromatic rings. The molecular weight excluding hydrogens is 797 g/mol. The first-order valence-corrected chi connectivity index (χ1v) is 26.3. The van der Waals surface area contributed by atoms with Gasteiger partial charge in [0.2, 0.25) is 16.6 Å². The highest BCUT2D eigenvalue weighted by molar-refractivity contribution is 7.94. The van der Waals surface area contributed by atoms with E-state index in [1.54, 1.807) is 48.5 Å². The Bertz CT molecular complexity index is 2150. The second-order valence-electron chi connectivity index (χ2n) is 17.9. The molecule has 17 heteroatoms. The van der Waals surface area contributed by atoms with E-state index in [-0.39, 0.29) is 26.9 Å². The Kier molecular flexibility index (Phi) is 12.4. The fourth-order valence-corrected chi connectivity index (χ4v) is 9.49. The fourth-order valence-electron chi connectivity index (χ4n) is 5.92. The third kappa shape index (κ3) is 8.68. The van der Waals surface area contributed by atoms with Crippen LogP contribution < -0.4 is 11.0 Å². The van der Waals surface area contributed by atoms with Gasteiger partial charge in [0.25, 0.3) is 11.8 Å². The van der Waals surface area contributed by atoms with Crippen LogP contribution in [0.25, 0.3) is 6.08 Å². The van der Waals surface area contributed by atoms with Gasteiger partial charge in [-0.25, -0.2) is 29.0 Å². The van der Waals surface area contributed by atoms with Crippen molar-refractivity contribution in [2.75, 3.05) is 6.61 Å². The van der Waals surface area contributed by atoms with Crippen LogP contribution in [0.3, 0.4) is 0 Å². The molecule has 58 heavy (non-hydrogen) atoms. The number of fused-ring (bicyclic) bond motifs is 1. The number of benzene rings is 2. The minimum Gasteiger partial charge on any atom is -0.451 e. The van der Waals surface area contributed by atoms with E-state index in [9.17, 15) is 27.6 Å². The van der Waals surface area contributed by atoms with Crippen LogP contribution in [0.2, 0.25) is 36.3 Å². The summed E-state index contributed by atoms with van der Waals surface area (Å²) in [5.41, 5.74) is 6.15. The molecule has 2 N–H and O–H groups in total. The molecule has 312 valence electrons. The van der Waals surface area contributed by atoms with Crippen molar-refractivity contribution in [3.05, 3.63) is 107 Å². The van der Waals surface area contributed by atoms with Crippen LogP contribution >= 0.6 is 0 Å². The molecule has 3 amide bonds. The number of hydrogen-bond acceptors (Lipinski definition) is 11. The molecule has 14 nitrogen and oxygen atoms in total. The predicted molar refractivity (Wildman–Crippen MR) is 223 cm³/mol. The lowest BCUT2D eigenvalue weighted by molar-refractivity contribution is -0.161. The Morgan fingerprint density at radius 1 is 0.862 bits per heavy atom. The van der Waals surface area contributed by atoms with E-state index in [0.29, 0.717) is 11.1 Å². The van der Waals surface area contributed by atoms with E-state index in [4.69, 9.17) is 18.5 Å². The van der Waals surface area contributed by atoms with Gasteiger partial charge in [0.05, 0.1) is 11.3 Å². The largest absolute Gasteiger partial charge is 0.451 e. The molecule has 0 saturated carbocycles. The van der Waals surface area contributed by atoms with Crippen LogP contribution in [-0.2, 0) is 38.0 Å². The molecule has 0 aliphatic carbocycles. The summed E-state index contributed by atoms with van der Waals surface area (Å²) in [6.07, 6.45) is 0.604. The third-order valence-electron chi connectivity index (χ3n) is 11.7. The zero-order chi connectivity index (χ0) is 43.1. The van der Waals surface area contributed by atoms with Crippen molar-refractivity contribution >= 4 is 56.4 Å². The van der Waals surface area contributed by atoms with E-state index in [0.717, 1.165) is 4.90 Å². The fraction of sp³-hybridized carbons (Fsp3) is 0.439. The Hall–Kier alpha value is -4.69. The van der Waals surface area contributed by atoms with Gasteiger partial charge in [-0.15, -0.1) is 0 Å². The lowest BCUT2D eigenvalue weighted by atomic mass is 9.93. The second-order valence-corrected chi connectivity index (χ2v) is 29.8. The number of hydroxylamine groups is 2. The number of carbonyl (C=O) groups excluding carboxylic acids is 4. The number of aromatic nitrogens is 1. The molecule has 0 bridgehead atoms. The number of nitrogens with zero attached hydrogens (tertiary/aromatic N) is 2. The monoisotopic (exact) mass is 850 g/mol. The van der Waals surface area contributed by atoms with Crippen LogP contribution in [0, 0.1) is 0 Å². The number of nitrogens with one attached hydrogen (secondary N) is 2. The molecule has 1 aromatic heterocycles. The summed E-state index contributed by atoms with van der Waals surface area (Å²) in [5, 5.41) is -2.06. The van der Waals surface area contributed by atoms with Crippen LogP contribution in [0.5, 0.6) is 0 Å². The van der Waals surface area contributed by atoms with Gasteiger partial charge < -0.3 is 23.4 Å². The van der Waals surface area contributed by atoms with Gasteiger partial charge in [-0.1, -0.05) is 102 Å². The third-order valence-corrected chi connectivity index (χ3v) is 22.9. The number of pyridine rings is 1. The smallest absolute Gasteiger partial charge is 0.430 e. The highest BCUT2D eigenvalue weighted by Crippen LogP contribution is 2.50. The molecule has 2 fully saturated rings. The van der Waals surface area contributed by atoms with E-state index >= 15 is 0 Å². The minimum absolute atomic E-state index is 0.123. The number of rotatable bonds is 12. The second kappa shape index (κ2) is 16.2. The SMILES string of the molecule is CC(C)(C)[Si](C)(C)ONC(=O)OC[C@@]1(C)[C@H](C(=O)OC(c2ccccc2)c2ccccc2)N2C(=O)C(=Cc3cc(C(=O)NO[Si](C)(C)C(C)(C)C)ccn3)[C@H]2S1(=O)=O. The molecule has 3 atom stereocenters. The minimum atomic E-state index is -4.54. The Labute approximate surface area is 342 Å². The van der Waals surface area contributed by atoms with Crippen LogP contribution in [0.15, 0.2) is 84.6 Å². The first-order valence-electron chi connectivity index (χ1n) is 19.0. The molecule has 0 spiro atoms. The van der Waals surface area contributed by atoms with E-state index in [2.05, 4.69) is 15.9 Å². The van der Waals surface area contributed by atoms with Gasteiger partial charge in [-0.3, -0.25) is 14.6 Å². The van der Waals surface area contributed by atoms with E-state index in [1.807, 2.05) is 79.9 Å². The lowest BCUT2D eigenvalue weighted by Gasteiger charge is -2.39. The van der Waals surface area contributed by atoms with Gasteiger partial charge in [-0.05, 0) is 72.5 Å². The zero-order valence-electron chi connectivity index (χ0n) is 34.9. The molecular formula is C41H54N4O10SSi2.